The average Bonchev–Trinajstić information content (AvgIpc) is 3.02. The van der Waals surface area contributed by atoms with Crippen molar-refractivity contribution >= 4 is 0 Å². The van der Waals surface area contributed by atoms with E-state index >= 15 is 0 Å². The average molecular weight is 294 g/mol. The number of pyridine rings is 2. The van der Waals surface area contributed by atoms with Crippen molar-refractivity contribution in [1.29, 1.82) is 0 Å². The van der Waals surface area contributed by atoms with Crippen LogP contribution < -0.4 is 0 Å². The predicted octanol–water partition coefficient (Wildman–Crippen LogP) is 2.95. The molecule has 0 fully saturated rings. The molecule has 3 aromatic heterocycles. The van der Waals surface area contributed by atoms with Gasteiger partial charge in [0.1, 0.15) is 11.4 Å². The second-order valence-corrected chi connectivity index (χ2v) is 3.94. The summed E-state index contributed by atoms with van der Waals surface area (Å²) in [6.07, 6.45) is -2.43. The third-order valence-corrected chi connectivity index (χ3v) is 2.54. The Morgan fingerprint density at radius 1 is 1.10 bits per heavy atom. The Balaban J connectivity index is 2.02. The number of nitrogens with zero attached hydrogens (tertiary/aromatic N) is 4. The quantitative estimate of drug-likeness (QED) is 0.789. The summed E-state index contributed by atoms with van der Waals surface area (Å²) < 4.78 is 61.0. The number of nitrogens with one attached hydrogen (secondary N) is 1. The van der Waals surface area contributed by atoms with E-state index in [0.29, 0.717) is 0 Å². The first-order valence-corrected chi connectivity index (χ1v) is 5.66. The zero-order chi connectivity index (χ0) is 17.5. The summed E-state index contributed by atoms with van der Waals surface area (Å²) in [5.41, 5.74) is -0.999. The second kappa shape index (κ2) is 4.97. The van der Waals surface area contributed by atoms with Gasteiger partial charge in [-0.2, -0.15) is 18.3 Å². The van der Waals surface area contributed by atoms with Crippen LogP contribution in [-0.2, 0) is 6.18 Å². The Hall–Kier alpha value is -2.77. The van der Waals surface area contributed by atoms with E-state index in [1.165, 1.54) is 0 Å². The molecule has 3 rings (SSSR count). The van der Waals surface area contributed by atoms with E-state index < -0.39 is 11.7 Å². The third kappa shape index (κ3) is 2.73. The number of alkyl halides is 3. The number of hydrogen-bond acceptors (Lipinski definition) is 4. The van der Waals surface area contributed by atoms with Gasteiger partial charge in [-0.25, -0.2) is 4.98 Å². The van der Waals surface area contributed by atoms with E-state index in [-0.39, 0.29) is 41.2 Å². The third-order valence-electron chi connectivity index (χ3n) is 2.54. The molecule has 3 aromatic rings. The highest BCUT2D eigenvalue weighted by atomic mass is 19.4. The Labute approximate surface area is 121 Å². The molecule has 0 unspecified atom stereocenters. The monoisotopic (exact) mass is 294 g/mol. The molecule has 0 saturated carbocycles. The summed E-state index contributed by atoms with van der Waals surface area (Å²) in [5.74, 6) is -0.0958. The van der Waals surface area contributed by atoms with Crippen LogP contribution in [0.1, 0.15) is 9.68 Å². The molecule has 0 saturated heterocycles. The molecule has 3 heterocycles. The highest BCUT2D eigenvalue weighted by Gasteiger charge is 2.31. The van der Waals surface area contributed by atoms with Crippen LogP contribution in [0.5, 0.6) is 0 Å². The van der Waals surface area contributed by atoms with Crippen molar-refractivity contribution in [2.75, 3.05) is 0 Å². The number of rotatable bonds is 2. The van der Waals surface area contributed by atoms with Crippen molar-refractivity contribution in [3.63, 3.8) is 0 Å². The van der Waals surface area contributed by atoms with Gasteiger partial charge in [0.15, 0.2) is 11.6 Å². The number of halogens is 3. The molecule has 0 aliphatic heterocycles. The Morgan fingerprint density at radius 3 is 2.71 bits per heavy atom. The Kier molecular flexibility index (Phi) is 2.37. The molecule has 0 atom stereocenters. The van der Waals surface area contributed by atoms with Crippen molar-refractivity contribution in [3.8, 4) is 23.0 Å². The maximum atomic E-state index is 12.7. The van der Waals surface area contributed by atoms with Crippen molar-refractivity contribution < 1.29 is 17.3 Å². The normalized spacial score (nSPS) is 13.6. The minimum Gasteiger partial charge on any atom is -0.257 e. The summed E-state index contributed by atoms with van der Waals surface area (Å²) in [6, 6.07) is 0.749. The summed E-state index contributed by atoms with van der Waals surface area (Å²) in [5, 5.41) is 6.24. The fourth-order valence-corrected chi connectivity index (χ4v) is 1.59. The smallest absolute Gasteiger partial charge is 0.257 e. The largest absolute Gasteiger partial charge is 0.416 e. The van der Waals surface area contributed by atoms with E-state index in [4.69, 9.17) is 4.11 Å². The van der Waals surface area contributed by atoms with Crippen molar-refractivity contribution in [3.05, 3.63) is 48.2 Å². The second-order valence-electron chi connectivity index (χ2n) is 3.94. The lowest BCUT2D eigenvalue weighted by Crippen LogP contribution is -2.05. The predicted molar refractivity (Wildman–Crippen MR) is 67.8 cm³/mol. The van der Waals surface area contributed by atoms with E-state index in [2.05, 4.69) is 25.1 Å². The van der Waals surface area contributed by atoms with Crippen LogP contribution in [0.25, 0.3) is 23.0 Å². The lowest BCUT2D eigenvalue weighted by atomic mass is 10.2. The van der Waals surface area contributed by atoms with Crippen molar-refractivity contribution in [1.82, 2.24) is 25.1 Å². The highest BCUT2D eigenvalue weighted by Crippen LogP contribution is 2.30. The summed E-state index contributed by atoms with van der Waals surface area (Å²) in [7, 11) is 0. The van der Waals surface area contributed by atoms with Gasteiger partial charge in [0, 0.05) is 12.4 Å². The lowest BCUT2D eigenvalue weighted by Gasteiger charge is -2.06. The zero-order valence-electron chi connectivity index (χ0n) is 13.2. The first-order chi connectivity index (χ1) is 11.3. The first-order valence-electron chi connectivity index (χ1n) is 7.16. The maximum Gasteiger partial charge on any atom is 0.416 e. The summed E-state index contributed by atoms with van der Waals surface area (Å²) in [4.78, 5) is 11.6. The number of aromatic nitrogens is 5. The van der Waals surface area contributed by atoms with Gasteiger partial charge in [0.05, 0.1) is 9.68 Å². The minimum absolute atomic E-state index is 0.0289. The van der Waals surface area contributed by atoms with Gasteiger partial charge in [0.2, 0.25) is 0 Å². The molecule has 106 valence electrons. The molecule has 0 spiro atoms. The van der Waals surface area contributed by atoms with Gasteiger partial charge < -0.3 is 0 Å². The van der Waals surface area contributed by atoms with Gasteiger partial charge in [-0.3, -0.25) is 15.1 Å². The van der Waals surface area contributed by atoms with Gasteiger partial charge in [-0.15, -0.1) is 0 Å². The van der Waals surface area contributed by atoms with Crippen LogP contribution in [0.4, 0.5) is 13.2 Å². The van der Waals surface area contributed by atoms with E-state index in [9.17, 15) is 13.2 Å². The standard InChI is InChI=1S/C13H8F3N5/c14-13(15,16)8-4-6-18-10(7-8)12-19-11(20-21-12)9-3-1-2-5-17-9/h1-7H,(H,19,20,21)/i1D,2D,3D. The number of aromatic amines is 1. The van der Waals surface area contributed by atoms with Gasteiger partial charge in [-0.1, -0.05) is 6.04 Å². The van der Waals surface area contributed by atoms with Crippen molar-refractivity contribution in [2.24, 2.45) is 0 Å². The maximum absolute atomic E-state index is 12.7. The molecule has 0 aromatic carbocycles. The van der Waals surface area contributed by atoms with Gasteiger partial charge in [-0.05, 0) is 24.2 Å². The van der Waals surface area contributed by atoms with E-state index in [0.717, 1.165) is 24.5 Å². The van der Waals surface area contributed by atoms with Gasteiger partial charge in [0.25, 0.3) is 0 Å². The molecule has 0 radical (unpaired) electrons. The van der Waals surface area contributed by atoms with Crippen LogP contribution in [0, 0.1) is 0 Å². The minimum atomic E-state index is -4.51. The van der Waals surface area contributed by atoms with Crippen LogP contribution in [0.15, 0.2) is 42.7 Å². The topological polar surface area (TPSA) is 67.3 Å². The molecule has 0 amide bonds. The summed E-state index contributed by atoms with van der Waals surface area (Å²) >= 11 is 0. The Bertz CT molecular complexity index is 910. The summed E-state index contributed by atoms with van der Waals surface area (Å²) in [6.45, 7) is 0. The lowest BCUT2D eigenvalue weighted by molar-refractivity contribution is -0.137. The van der Waals surface area contributed by atoms with Crippen LogP contribution >= 0.6 is 0 Å². The fourth-order valence-electron chi connectivity index (χ4n) is 1.59. The van der Waals surface area contributed by atoms with Crippen molar-refractivity contribution in [2.45, 2.75) is 6.18 Å². The number of hydrogen-bond donors (Lipinski definition) is 1. The fraction of sp³-hybridized carbons (Fsp3) is 0.0769. The first kappa shape index (κ1) is 10.0. The van der Waals surface area contributed by atoms with Crippen LogP contribution in [-0.4, -0.2) is 25.1 Å². The molecular formula is C13H8F3N5. The van der Waals surface area contributed by atoms with Crippen LogP contribution in [0.2, 0.25) is 0 Å². The molecule has 21 heavy (non-hydrogen) atoms. The van der Waals surface area contributed by atoms with E-state index in [1.54, 1.807) is 0 Å². The molecule has 5 nitrogen and oxygen atoms in total. The Morgan fingerprint density at radius 2 is 1.90 bits per heavy atom. The highest BCUT2D eigenvalue weighted by molar-refractivity contribution is 5.56. The van der Waals surface area contributed by atoms with E-state index in [1.807, 2.05) is 0 Å². The molecule has 8 heteroatoms. The van der Waals surface area contributed by atoms with Crippen LogP contribution in [0.3, 0.4) is 0 Å². The molecule has 0 aliphatic carbocycles. The number of H-pyrrole nitrogens is 1. The molecule has 0 bridgehead atoms. The molecular weight excluding hydrogens is 283 g/mol. The molecule has 1 N–H and O–H groups in total. The zero-order valence-corrected chi connectivity index (χ0v) is 10.2. The van der Waals surface area contributed by atoms with Gasteiger partial charge >= 0.3 is 6.18 Å². The SMILES string of the molecule is [2H]c1cnc(-c2n[nH]c(-c3cc(C(F)(F)F)ccn3)n2)c([2H])c1[2H]. The molecule has 0 aliphatic rings.